The lowest BCUT2D eigenvalue weighted by Crippen LogP contribution is -2.43. The lowest BCUT2D eigenvalue weighted by molar-refractivity contribution is 0.0927. The van der Waals surface area contributed by atoms with Crippen molar-refractivity contribution in [3.8, 4) is 0 Å². The highest BCUT2D eigenvalue weighted by molar-refractivity contribution is 5.94. The third-order valence-corrected chi connectivity index (χ3v) is 4.33. The van der Waals surface area contributed by atoms with E-state index < -0.39 is 5.82 Å². The molecule has 21 heavy (non-hydrogen) atoms. The zero-order valence-electron chi connectivity index (χ0n) is 12.9. The molecular formula is C16H24FN3O. The summed E-state index contributed by atoms with van der Waals surface area (Å²) < 4.78 is 12.8. The first-order valence-corrected chi connectivity index (χ1v) is 7.67. The third-order valence-electron chi connectivity index (χ3n) is 4.33. The summed E-state index contributed by atoms with van der Waals surface area (Å²) in [5.41, 5.74) is 0.352. The molecule has 1 aromatic heterocycles. The minimum Gasteiger partial charge on any atom is -0.303 e. The van der Waals surface area contributed by atoms with Gasteiger partial charge >= 0.3 is 0 Å². The molecule has 5 heteroatoms. The normalized spacial score (nSPS) is 17.3. The first-order valence-electron chi connectivity index (χ1n) is 7.67. The van der Waals surface area contributed by atoms with E-state index in [1.54, 1.807) is 0 Å². The van der Waals surface area contributed by atoms with Crippen molar-refractivity contribution in [3.63, 3.8) is 0 Å². The van der Waals surface area contributed by atoms with Crippen LogP contribution in [0.1, 0.15) is 36.7 Å². The fourth-order valence-corrected chi connectivity index (χ4v) is 2.81. The van der Waals surface area contributed by atoms with Crippen molar-refractivity contribution in [2.24, 2.45) is 0 Å². The number of likely N-dealkylation sites (tertiary alicyclic amines) is 1. The summed E-state index contributed by atoms with van der Waals surface area (Å²) in [6.45, 7) is 6.32. The Kier molecular flexibility index (Phi) is 5.82. The number of piperidine rings is 1. The van der Waals surface area contributed by atoms with E-state index in [1.165, 1.54) is 12.1 Å². The summed E-state index contributed by atoms with van der Waals surface area (Å²) in [5, 5.41) is 0. The molecule has 1 aromatic rings. The zero-order chi connectivity index (χ0) is 15.2. The van der Waals surface area contributed by atoms with E-state index in [0.29, 0.717) is 18.2 Å². The highest BCUT2D eigenvalue weighted by atomic mass is 19.1. The number of Topliss-reactive ketones (excluding diaryl/α,β-unsaturated/α-hetero) is 1. The Labute approximate surface area is 126 Å². The van der Waals surface area contributed by atoms with Gasteiger partial charge in [-0.3, -0.25) is 9.78 Å². The number of pyridine rings is 1. The van der Waals surface area contributed by atoms with Crippen LogP contribution in [0.2, 0.25) is 0 Å². The van der Waals surface area contributed by atoms with Crippen molar-refractivity contribution in [2.45, 2.75) is 32.2 Å². The van der Waals surface area contributed by atoms with Crippen molar-refractivity contribution >= 4 is 5.78 Å². The van der Waals surface area contributed by atoms with Gasteiger partial charge in [-0.25, -0.2) is 4.39 Å². The number of halogens is 1. The van der Waals surface area contributed by atoms with Crippen LogP contribution in [0.25, 0.3) is 0 Å². The van der Waals surface area contributed by atoms with Gasteiger partial charge in [-0.15, -0.1) is 0 Å². The molecule has 0 bridgehead atoms. The van der Waals surface area contributed by atoms with Crippen LogP contribution < -0.4 is 0 Å². The van der Waals surface area contributed by atoms with Crippen LogP contribution in [0.4, 0.5) is 4.39 Å². The number of hydrogen-bond acceptors (Lipinski definition) is 4. The molecular weight excluding hydrogens is 269 g/mol. The standard InChI is InChI=1S/C16H24FN3O/c1-3-20-10-6-14(7-11-20)19(2)9-8-16(21)15-5-4-13(17)12-18-15/h4-5,12,14H,3,6-11H2,1-2H3. The fourth-order valence-electron chi connectivity index (χ4n) is 2.81. The quantitative estimate of drug-likeness (QED) is 0.754. The summed E-state index contributed by atoms with van der Waals surface area (Å²) in [5.74, 6) is -0.431. The second kappa shape index (κ2) is 7.61. The fraction of sp³-hybridized carbons (Fsp3) is 0.625. The second-order valence-corrected chi connectivity index (χ2v) is 5.68. The van der Waals surface area contributed by atoms with E-state index in [0.717, 1.165) is 45.2 Å². The van der Waals surface area contributed by atoms with Gasteiger partial charge in [-0.05, 0) is 51.7 Å². The number of nitrogens with zero attached hydrogens (tertiary/aromatic N) is 3. The lowest BCUT2D eigenvalue weighted by Gasteiger charge is -2.36. The van der Waals surface area contributed by atoms with Gasteiger partial charge in [0, 0.05) is 19.0 Å². The Morgan fingerprint density at radius 3 is 2.71 bits per heavy atom. The van der Waals surface area contributed by atoms with Crippen LogP contribution in [0.3, 0.4) is 0 Å². The van der Waals surface area contributed by atoms with Crippen molar-refractivity contribution in [3.05, 3.63) is 29.8 Å². The first-order chi connectivity index (χ1) is 10.1. The van der Waals surface area contributed by atoms with Crippen molar-refractivity contribution in [1.29, 1.82) is 0 Å². The van der Waals surface area contributed by atoms with Gasteiger partial charge in [0.25, 0.3) is 0 Å². The Balaban J connectivity index is 1.77. The lowest BCUT2D eigenvalue weighted by atomic mass is 10.0. The molecule has 0 spiro atoms. The second-order valence-electron chi connectivity index (χ2n) is 5.68. The molecule has 0 unspecified atom stereocenters. The summed E-state index contributed by atoms with van der Waals surface area (Å²) >= 11 is 0. The Morgan fingerprint density at radius 1 is 1.43 bits per heavy atom. The molecule has 1 aliphatic heterocycles. The Bertz CT molecular complexity index is 455. The molecule has 116 valence electrons. The smallest absolute Gasteiger partial charge is 0.182 e. The summed E-state index contributed by atoms with van der Waals surface area (Å²) in [4.78, 5) is 20.6. The molecule has 0 aliphatic carbocycles. The maximum absolute atomic E-state index is 12.8. The minimum absolute atomic E-state index is 0.0205. The van der Waals surface area contributed by atoms with Gasteiger partial charge < -0.3 is 9.80 Å². The first kappa shape index (κ1) is 16.0. The molecule has 0 amide bonds. The van der Waals surface area contributed by atoms with E-state index in [9.17, 15) is 9.18 Å². The molecule has 0 aromatic carbocycles. The zero-order valence-corrected chi connectivity index (χ0v) is 12.9. The molecule has 4 nitrogen and oxygen atoms in total. The molecule has 2 heterocycles. The van der Waals surface area contributed by atoms with E-state index in [-0.39, 0.29) is 5.78 Å². The number of carbonyl (C=O) groups excluding carboxylic acids is 1. The molecule has 1 saturated heterocycles. The predicted molar refractivity (Wildman–Crippen MR) is 80.9 cm³/mol. The molecule has 0 radical (unpaired) electrons. The number of ketones is 1. The molecule has 1 aliphatic rings. The minimum atomic E-state index is -0.411. The largest absolute Gasteiger partial charge is 0.303 e. The molecule has 2 rings (SSSR count). The van der Waals surface area contributed by atoms with Crippen LogP contribution in [-0.4, -0.2) is 59.8 Å². The van der Waals surface area contributed by atoms with E-state index in [2.05, 4.69) is 28.8 Å². The van der Waals surface area contributed by atoms with Crippen LogP contribution in [0, 0.1) is 5.82 Å². The van der Waals surface area contributed by atoms with Gasteiger partial charge in [0.1, 0.15) is 11.5 Å². The van der Waals surface area contributed by atoms with Gasteiger partial charge in [-0.1, -0.05) is 6.92 Å². The number of carbonyl (C=O) groups is 1. The van der Waals surface area contributed by atoms with E-state index >= 15 is 0 Å². The average molecular weight is 293 g/mol. The topological polar surface area (TPSA) is 36.4 Å². The van der Waals surface area contributed by atoms with Crippen molar-refractivity contribution in [2.75, 3.05) is 33.2 Å². The molecule has 0 atom stereocenters. The highest BCUT2D eigenvalue weighted by Crippen LogP contribution is 2.15. The number of aromatic nitrogens is 1. The Morgan fingerprint density at radius 2 is 2.14 bits per heavy atom. The average Bonchev–Trinajstić information content (AvgIpc) is 2.53. The monoisotopic (exact) mass is 293 g/mol. The van der Waals surface area contributed by atoms with Crippen LogP contribution in [0.15, 0.2) is 18.3 Å². The summed E-state index contributed by atoms with van der Waals surface area (Å²) in [7, 11) is 2.08. The maximum atomic E-state index is 12.8. The van der Waals surface area contributed by atoms with Crippen LogP contribution in [0.5, 0.6) is 0 Å². The molecule has 1 fully saturated rings. The van der Waals surface area contributed by atoms with E-state index in [4.69, 9.17) is 0 Å². The van der Waals surface area contributed by atoms with Gasteiger partial charge in [0.2, 0.25) is 0 Å². The molecule has 0 saturated carbocycles. The SMILES string of the molecule is CCN1CCC(N(C)CCC(=O)c2ccc(F)cn2)CC1. The maximum Gasteiger partial charge on any atom is 0.182 e. The summed E-state index contributed by atoms with van der Waals surface area (Å²) in [6.07, 6.45) is 3.85. The van der Waals surface area contributed by atoms with Gasteiger partial charge in [-0.2, -0.15) is 0 Å². The summed E-state index contributed by atoms with van der Waals surface area (Å²) in [6, 6.07) is 3.30. The molecule has 0 N–H and O–H groups in total. The van der Waals surface area contributed by atoms with Gasteiger partial charge in [0.05, 0.1) is 6.20 Å². The van der Waals surface area contributed by atoms with E-state index in [1.807, 2.05) is 0 Å². The Hall–Kier alpha value is -1.33. The van der Waals surface area contributed by atoms with Crippen LogP contribution >= 0.6 is 0 Å². The third kappa shape index (κ3) is 4.58. The van der Waals surface area contributed by atoms with Crippen molar-refractivity contribution in [1.82, 2.24) is 14.8 Å². The van der Waals surface area contributed by atoms with Gasteiger partial charge in [0.15, 0.2) is 5.78 Å². The number of hydrogen-bond donors (Lipinski definition) is 0. The number of rotatable bonds is 6. The predicted octanol–water partition coefficient (Wildman–Crippen LogP) is 2.21. The van der Waals surface area contributed by atoms with Crippen molar-refractivity contribution < 1.29 is 9.18 Å². The highest BCUT2D eigenvalue weighted by Gasteiger charge is 2.22. The van der Waals surface area contributed by atoms with Crippen LogP contribution in [-0.2, 0) is 0 Å².